The molecule has 0 unspecified atom stereocenters. The minimum absolute atomic E-state index is 0.0954. The first kappa shape index (κ1) is 17.7. The lowest BCUT2D eigenvalue weighted by atomic mass is 10.1. The highest BCUT2D eigenvalue weighted by molar-refractivity contribution is 7.90. The number of esters is 1. The van der Waals surface area contributed by atoms with Crippen molar-refractivity contribution >= 4 is 27.0 Å². The summed E-state index contributed by atoms with van der Waals surface area (Å²) in [5, 5.41) is 0.734. The van der Waals surface area contributed by atoms with Crippen LogP contribution in [0.15, 0.2) is 53.7 Å². The molecule has 1 aromatic carbocycles. The maximum Gasteiger partial charge on any atom is 0.309 e. The fourth-order valence-electron chi connectivity index (χ4n) is 3.31. The number of carbonyl (C=O) groups is 1. The Morgan fingerprint density at radius 3 is 2.70 bits per heavy atom. The van der Waals surface area contributed by atoms with Crippen LogP contribution >= 0.6 is 0 Å². The molecule has 7 heteroatoms. The van der Waals surface area contributed by atoms with E-state index in [2.05, 4.69) is 4.98 Å². The quantitative estimate of drug-likeness (QED) is 0.631. The molecule has 4 rings (SSSR count). The van der Waals surface area contributed by atoms with Crippen LogP contribution in [0.4, 0.5) is 0 Å². The van der Waals surface area contributed by atoms with Crippen LogP contribution in [0.2, 0.25) is 0 Å². The minimum Gasteiger partial charge on any atom is -0.466 e. The molecule has 3 aromatic rings. The zero-order valence-electron chi connectivity index (χ0n) is 15.1. The largest absolute Gasteiger partial charge is 0.466 e. The van der Waals surface area contributed by atoms with Gasteiger partial charge in [0.2, 0.25) is 0 Å². The van der Waals surface area contributed by atoms with E-state index in [0.717, 1.165) is 22.9 Å². The summed E-state index contributed by atoms with van der Waals surface area (Å²) in [7, 11) is -3.71. The molecule has 1 fully saturated rings. The number of benzene rings is 1. The van der Waals surface area contributed by atoms with Crippen molar-refractivity contribution in [1.29, 1.82) is 0 Å². The highest BCUT2D eigenvalue weighted by Gasteiger charge is 2.45. The van der Waals surface area contributed by atoms with Gasteiger partial charge in [-0.15, -0.1) is 0 Å². The van der Waals surface area contributed by atoms with E-state index >= 15 is 0 Å². The smallest absolute Gasteiger partial charge is 0.309 e. The summed E-state index contributed by atoms with van der Waals surface area (Å²) in [5.74, 6) is -0.206. The number of rotatable bonds is 5. The van der Waals surface area contributed by atoms with E-state index in [1.165, 1.54) is 10.2 Å². The molecule has 2 atom stereocenters. The number of hydrogen-bond acceptors (Lipinski definition) is 5. The van der Waals surface area contributed by atoms with Crippen molar-refractivity contribution in [3.63, 3.8) is 0 Å². The molecule has 1 aliphatic carbocycles. The van der Waals surface area contributed by atoms with Crippen molar-refractivity contribution in [1.82, 2.24) is 8.96 Å². The molecule has 0 bridgehead atoms. The number of fused-ring (bicyclic) bond motifs is 1. The van der Waals surface area contributed by atoms with Gasteiger partial charge in [0.25, 0.3) is 10.0 Å². The average molecular weight is 384 g/mol. The van der Waals surface area contributed by atoms with Crippen molar-refractivity contribution in [3.8, 4) is 0 Å². The Hall–Kier alpha value is -2.67. The number of nitrogens with zero attached hydrogens (tertiary/aromatic N) is 2. The van der Waals surface area contributed by atoms with Crippen LogP contribution in [0.5, 0.6) is 0 Å². The second-order valence-electron chi connectivity index (χ2n) is 6.81. The zero-order valence-corrected chi connectivity index (χ0v) is 15.9. The summed E-state index contributed by atoms with van der Waals surface area (Å²) in [6.07, 6.45) is 3.92. The van der Waals surface area contributed by atoms with Gasteiger partial charge in [0.1, 0.15) is 0 Å². The zero-order chi connectivity index (χ0) is 19.2. The first-order valence-electron chi connectivity index (χ1n) is 8.87. The SMILES string of the molecule is CCOC(=O)[C@@H]1C[C@H]1c1cnc2c(ccn2S(=O)(=O)c2ccc(C)cc2)c1. The molecule has 0 radical (unpaired) electrons. The topological polar surface area (TPSA) is 78.3 Å². The Labute approximate surface area is 157 Å². The molecule has 1 saturated carbocycles. The van der Waals surface area contributed by atoms with Crippen LogP contribution < -0.4 is 0 Å². The Bertz CT molecular complexity index is 1120. The molecular weight excluding hydrogens is 364 g/mol. The van der Waals surface area contributed by atoms with Crippen LogP contribution in [-0.4, -0.2) is 30.0 Å². The van der Waals surface area contributed by atoms with Gasteiger partial charge >= 0.3 is 5.97 Å². The minimum atomic E-state index is -3.71. The summed E-state index contributed by atoms with van der Waals surface area (Å²) in [4.78, 5) is 16.4. The number of pyridine rings is 1. The van der Waals surface area contributed by atoms with Gasteiger partial charge in [-0.25, -0.2) is 17.4 Å². The van der Waals surface area contributed by atoms with Gasteiger partial charge in [-0.1, -0.05) is 17.7 Å². The summed E-state index contributed by atoms with van der Waals surface area (Å²) in [5.41, 5.74) is 2.31. The monoisotopic (exact) mass is 384 g/mol. The van der Waals surface area contributed by atoms with Gasteiger partial charge in [-0.05, 0) is 56.0 Å². The van der Waals surface area contributed by atoms with E-state index in [1.807, 2.05) is 13.0 Å². The number of hydrogen-bond donors (Lipinski definition) is 0. The molecule has 0 amide bonds. The molecule has 2 aromatic heterocycles. The van der Waals surface area contributed by atoms with Crippen molar-refractivity contribution in [2.24, 2.45) is 5.92 Å². The summed E-state index contributed by atoms with van der Waals surface area (Å²) >= 11 is 0. The van der Waals surface area contributed by atoms with E-state index in [-0.39, 0.29) is 22.7 Å². The van der Waals surface area contributed by atoms with E-state index in [9.17, 15) is 13.2 Å². The molecule has 140 valence electrons. The number of ether oxygens (including phenoxy) is 1. The predicted octanol–water partition coefficient (Wildman–Crippen LogP) is 3.25. The summed E-state index contributed by atoms with van der Waals surface area (Å²) < 4.78 is 32.1. The van der Waals surface area contributed by atoms with Crippen molar-refractivity contribution < 1.29 is 17.9 Å². The molecule has 0 spiro atoms. The van der Waals surface area contributed by atoms with E-state index in [1.54, 1.807) is 43.5 Å². The molecule has 0 aliphatic heterocycles. The van der Waals surface area contributed by atoms with Crippen molar-refractivity contribution in [2.45, 2.75) is 31.1 Å². The molecule has 6 nitrogen and oxygen atoms in total. The number of carbonyl (C=O) groups excluding carboxylic acids is 1. The molecule has 2 heterocycles. The van der Waals surface area contributed by atoms with Gasteiger partial charge in [-0.3, -0.25) is 4.79 Å². The highest BCUT2D eigenvalue weighted by Crippen LogP contribution is 2.48. The van der Waals surface area contributed by atoms with Crippen LogP contribution in [0.3, 0.4) is 0 Å². The summed E-state index contributed by atoms with van der Waals surface area (Å²) in [6.45, 7) is 4.07. The fourth-order valence-corrected chi connectivity index (χ4v) is 4.62. The van der Waals surface area contributed by atoms with E-state index in [0.29, 0.717) is 12.3 Å². The van der Waals surface area contributed by atoms with Gasteiger partial charge in [-0.2, -0.15) is 0 Å². The number of aryl methyl sites for hydroxylation is 1. The van der Waals surface area contributed by atoms with Gasteiger partial charge in [0, 0.05) is 17.8 Å². The lowest BCUT2D eigenvalue weighted by molar-refractivity contribution is -0.144. The lowest BCUT2D eigenvalue weighted by Gasteiger charge is -2.08. The first-order valence-corrected chi connectivity index (χ1v) is 10.3. The molecule has 0 saturated heterocycles. The second kappa shape index (κ2) is 6.49. The van der Waals surface area contributed by atoms with Crippen molar-refractivity contribution in [3.05, 3.63) is 59.9 Å². The Kier molecular flexibility index (Phi) is 4.26. The molecular formula is C20H20N2O4S. The van der Waals surface area contributed by atoms with Crippen molar-refractivity contribution in [2.75, 3.05) is 6.61 Å². The third-order valence-corrected chi connectivity index (χ3v) is 6.58. The van der Waals surface area contributed by atoms with Gasteiger partial charge in [0.05, 0.1) is 17.4 Å². The Balaban J connectivity index is 1.66. The number of aromatic nitrogens is 2. The second-order valence-corrected chi connectivity index (χ2v) is 8.63. The van der Waals surface area contributed by atoms with Gasteiger partial charge in [0.15, 0.2) is 5.65 Å². The molecule has 1 aliphatic rings. The average Bonchev–Trinajstić information content (AvgIpc) is 3.33. The van der Waals surface area contributed by atoms with Crippen LogP contribution in [0.1, 0.15) is 30.4 Å². The first-order chi connectivity index (χ1) is 12.9. The predicted molar refractivity (Wildman–Crippen MR) is 101 cm³/mol. The third kappa shape index (κ3) is 3.12. The third-order valence-electron chi connectivity index (χ3n) is 4.90. The lowest BCUT2D eigenvalue weighted by Crippen LogP contribution is -2.12. The maximum absolute atomic E-state index is 12.9. The summed E-state index contributed by atoms with van der Waals surface area (Å²) in [6, 6.07) is 10.4. The van der Waals surface area contributed by atoms with Gasteiger partial charge < -0.3 is 4.74 Å². The van der Waals surface area contributed by atoms with Crippen LogP contribution in [0, 0.1) is 12.8 Å². The van der Waals surface area contributed by atoms with E-state index < -0.39 is 10.0 Å². The normalized spacial score (nSPS) is 19.2. The Morgan fingerprint density at radius 2 is 2.00 bits per heavy atom. The Morgan fingerprint density at radius 1 is 1.26 bits per heavy atom. The maximum atomic E-state index is 12.9. The van der Waals surface area contributed by atoms with E-state index in [4.69, 9.17) is 4.74 Å². The fraction of sp³-hybridized carbons (Fsp3) is 0.300. The molecule has 0 N–H and O–H groups in total. The molecule has 27 heavy (non-hydrogen) atoms. The van der Waals surface area contributed by atoms with Crippen LogP contribution in [0.25, 0.3) is 11.0 Å². The standard InChI is InChI=1S/C20H20N2O4S/c1-3-26-20(23)18-11-17(18)15-10-14-8-9-22(19(14)21-12-15)27(24,25)16-6-4-13(2)5-7-16/h4-10,12,17-18H,3,11H2,1-2H3/t17-,18+/m0/s1. The van der Waals surface area contributed by atoms with Crippen LogP contribution in [-0.2, 0) is 19.6 Å². The highest BCUT2D eigenvalue weighted by atomic mass is 32.2.